The van der Waals surface area contributed by atoms with Gasteiger partial charge in [0.25, 0.3) is 0 Å². The van der Waals surface area contributed by atoms with E-state index in [1.54, 1.807) is 11.8 Å². The van der Waals surface area contributed by atoms with Gasteiger partial charge in [-0.05, 0) is 38.4 Å². The van der Waals surface area contributed by atoms with Crippen LogP contribution in [0, 0.1) is 5.92 Å². The van der Waals surface area contributed by atoms with Gasteiger partial charge in [-0.1, -0.05) is 20.3 Å². The summed E-state index contributed by atoms with van der Waals surface area (Å²) in [6.45, 7) is 8.22. The number of hydrogen-bond donors (Lipinski definition) is 0. The van der Waals surface area contributed by atoms with Gasteiger partial charge >= 0.3 is 12.1 Å². The van der Waals surface area contributed by atoms with E-state index in [0.717, 1.165) is 12.2 Å². The zero-order valence-electron chi connectivity index (χ0n) is 13.4. The summed E-state index contributed by atoms with van der Waals surface area (Å²) >= 11 is 1.64. The zero-order valence-corrected chi connectivity index (χ0v) is 14.2. The molecule has 0 aliphatic heterocycles. The second-order valence-corrected chi connectivity index (χ2v) is 8.09. The van der Waals surface area contributed by atoms with Crippen molar-refractivity contribution in [2.75, 3.05) is 12.4 Å². The number of rotatable bonds is 10. The monoisotopic (exact) mass is 328 g/mol. The average Bonchev–Trinajstić information content (AvgIpc) is 2.29. The molecule has 0 aliphatic carbocycles. The molecule has 21 heavy (non-hydrogen) atoms. The highest BCUT2D eigenvalue weighted by molar-refractivity contribution is 8.00. The minimum Gasteiger partial charge on any atom is -0.464 e. The number of ether oxygens (including phenoxy) is 1. The second-order valence-electron chi connectivity index (χ2n) is 6.29. The fourth-order valence-electron chi connectivity index (χ4n) is 1.64. The average molecular weight is 328 g/mol. The van der Waals surface area contributed by atoms with E-state index >= 15 is 0 Å². The van der Waals surface area contributed by atoms with Gasteiger partial charge in [-0.2, -0.15) is 24.9 Å². The number of thioether (sulfide) groups is 1. The Morgan fingerprint density at radius 2 is 1.76 bits per heavy atom. The Morgan fingerprint density at radius 3 is 2.29 bits per heavy atom. The first-order valence-corrected chi connectivity index (χ1v) is 8.37. The molecule has 0 saturated heterocycles. The van der Waals surface area contributed by atoms with Crippen LogP contribution in [0.4, 0.5) is 13.2 Å². The Bertz CT molecular complexity index is 302. The van der Waals surface area contributed by atoms with Crippen LogP contribution in [-0.2, 0) is 9.53 Å². The summed E-state index contributed by atoms with van der Waals surface area (Å²) in [7, 11) is 0. The van der Waals surface area contributed by atoms with Crippen LogP contribution in [0.25, 0.3) is 0 Å². The van der Waals surface area contributed by atoms with E-state index in [-0.39, 0.29) is 23.1 Å². The van der Waals surface area contributed by atoms with E-state index < -0.39 is 12.6 Å². The van der Waals surface area contributed by atoms with Crippen molar-refractivity contribution in [2.24, 2.45) is 5.92 Å². The number of esters is 1. The molecule has 2 nitrogen and oxygen atoms in total. The summed E-state index contributed by atoms with van der Waals surface area (Å²) in [5, 5.41) is 0. The van der Waals surface area contributed by atoms with E-state index in [4.69, 9.17) is 4.74 Å². The van der Waals surface area contributed by atoms with Crippen molar-refractivity contribution in [3.63, 3.8) is 0 Å². The summed E-state index contributed by atoms with van der Waals surface area (Å²) in [5.74, 6) is 0.873. The van der Waals surface area contributed by atoms with Crippen LogP contribution < -0.4 is 0 Å². The number of unbranched alkanes of at least 4 members (excludes halogenated alkanes) is 2. The highest BCUT2D eigenvalue weighted by Gasteiger charge is 2.26. The molecule has 0 heterocycles. The van der Waals surface area contributed by atoms with Gasteiger partial charge in [0.05, 0.1) is 0 Å². The smallest absolute Gasteiger partial charge is 0.389 e. The van der Waals surface area contributed by atoms with Crippen molar-refractivity contribution in [2.45, 2.75) is 70.7 Å². The first-order valence-electron chi connectivity index (χ1n) is 7.38. The third-order valence-corrected chi connectivity index (χ3v) is 4.15. The maximum absolute atomic E-state index is 12.0. The highest BCUT2D eigenvalue weighted by atomic mass is 32.2. The third-order valence-electron chi connectivity index (χ3n) is 2.75. The van der Waals surface area contributed by atoms with Crippen LogP contribution in [0.3, 0.4) is 0 Å². The van der Waals surface area contributed by atoms with Gasteiger partial charge in [-0.25, -0.2) is 0 Å². The van der Waals surface area contributed by atoms with E-state index in [9.17, 15) is 18.0 Å². The fraction of sp³-hybridized carbons (Fsp3) is 0.933. The number of carbonyl (C=O) groups excluding carboxylic acids is 1. The fourth-order valence-corrected chi connectivity index (χ4v) is 2.68. The lowest BCUT2D eigenvalue weighted by Gasteiger charge is -2.23. The minimum atomic E-state index is -4.04. The third kappa shape index (κ3) is 14.3. The highest BCUT2D eigenvalue weighted by Crippen LogP contribution is 2.27. The first-order chi connectivity index (χ1) is 9.52. The van der Waals surface area contributed by atoms with E-state index in [1.165, 1.54) is 0 Å². The predicted molar refractivity (Wildman–Crippen MR) is 81.5 cm³/mol. The molecule has 0 aromatic carbocycles. The summed E-state index contributed by atoms with van der Waals surface area (Å²) in [4.78, 5) is 11.5. The molecular weight excluding hydrogens is 301 g/mol. The molecule has 0 amide bonds. The Hall–Kier alpha value is -0.390. The quantitative estimate of drug-likeness (QED) is 0.407. The molecule has 0 fully saturated rings. The largest absolute Gasteiger partial charge is 0.464 e. The molecule has 0 radical (unpaired) electrons. The van der Waals surface area contributed by atoms with Crippen molar-refractivity contribution in [1.29, 1.82) is 0 Å². The molecule has 0 rings (SSSR count). The van der Waals surface area contributed by atoms with Crippen LogP contribution in [0.15, 0.2) is 0 Å². The first kappa shape index (κ1) is 20.6. The molecular formula is C15H27F3O2S. The normalized spacial score (nSPS) is 12.8. The predicted octanol–water partition coefficient (Wildman–Crippen LogP) is 5.21. The molecule has 126 valence electrons. The SMILES string of the molecule is CC(C)CC(=O)OCC(C)(C)SCCCCCC(F)(F)F. The van der Waals surface area contributed by atoms with E-state index in [1.807, 2.05) is 27.7 Å². The molecule has 0 bridgehead atoms. The number of hydrogen-bond acceptors (Lipinski definition) is 3. The lowest BCUT2D eigenvalue weighted by molar-refractivity contribution is -0.145. The Labute approximate surface area is 130 Å². The standard InChI is InChI=1S/C15H27F3O2S/c1-12(2)10-13(19)20-11-14(3,4)21-9-7-5-6-8-15(16,17)18/h12H,5-11H2,1-4H3. The summed E-state index contributed by atoms with van der Waals surface area (Å²) in [6.07, 6.45) is -2.81. The minimum absolute atomic E-state index is 0.188. The van der Waals surface area contributed by atoms with Crippen molar-refractivity contribution >= 4 is 17.7 Å². The zero-order chi connectivity index (χ0) is 16.5. The molecule has 0 spiro atoms. The molecule has 0 unspecified atom stereocenters. The Kier molecular flexibility index (Phi) is 9.41. The Balaban J connectivity index is 3.71. The molecule has 0 aliphatic rings. The topological polar surface area (TPSA) is 26.3 Å². The molecule has 6 heteroatoms. The van der Waals surface area contributed by atoms with Crippen molar-refractivity contribution in [3.8, 4) is 0 Å². The number of alkyl halides is 3. The van der Waals surface area contributed by atoms with Crippen molar-refractivity contribution in [3.05, 3.63) is 0 Å². The van der Waals surface area contributed by atoms with Crippen LogP contribution >= 0.6 is 11.8 Å². The Morgan fingerprint density at radius 1 is 1.14 bits per heavy atom. The van der Waals surface area contributed by atoms with Crippen LogP contribution in [-0.4, -0.2) is 29.3 Å². The summed E-state index contributed by atoms with van der Waals surface area (Å²) in [6, 6.07) is 0. The van der Waals surface area contributed by atoms with E-state index in [0.29, 0.717) is 19.4 Å². The van der Waals surface area contributed by atoms with Gasteiger partial charge in [-0.3, -0.25) is 4.79 Å². The molecule has 0 aromatic rings. The molecule has 0 aromatic heterocycles. The van der Waals surface area contributed by atoms with Gasteiger partial charge in [0.1, 0.15) is 6.61 Å². The van der Waals surface area contributed by atoms with Gasteiger partial charge < -0.3 is 4.74 Å². The number of halogens is 3. The van der Waals surface area contributed by atoms with Gasteiger partial charge in [0.15, 0.2) is 0 Å². The number of carbonyl (C=O) groups is 1. The lowest BCUT2D eigenvalue weighted by Crippen LogP contribution is -2.26. The molecule has 0 N–H and O–H groups in total. The maximum atomic E-state index is 12.0. The molecule has 0 atom stereocenters. The lowest BCUT2D eigenvalue weighted by atomic mass is 10.1. The van der Waals surface area contributed by atoms with Gasteiger partial charge in [0, 0.05) is 17.6 Å². The maximum Gasteiger partial charge on any atom is 0.389 e. The van der Waals surface area contributed by atoms with Crippen molar-refractivity contribution < 1.29 is 22.7 Å². The van der Waals surface area contributed by atoms with Crippen LogP contribution in [0.5, 0.6) is 0 Å². The summed E-state index contributed by atoms with van der Waals surface area (Å²) in [5.41, 5.74) is 0. The van der Waals surface area contributed by atoms with Gasteiger partial charge in [-0.15, -0.1) is 0 Å². The van der Waals surface area contributed by atoms with Crippen LogP contribution in [0.2, 0.25) is 0 Å². The van der Waals surface area contributed by atoms with Gasteiger partial charge in [0.2, 0.25) is 0 Å². The van der Waals surface area contributed by atoms with Crippen molar-refractivity contribution in [1.82, 2.24) is 0 Å². The summed E-state index contributed by atoms with van der Waals surface area (Å²) < 4.78 is 40.9. The molecule has 0 saturated carbocycles. The van der Waals surface area contributed by atoms with E-state index in [2.05, 4.69) is 0 Å². The van der Waals surface area contributed by atoms with Crippen LogP contribution in [0.1, 0.15) is 59.8 Å². The second kappa shape index (κ2) is 9.59.